The Labute approximate surface area is 198 Å². The number of carbonyl (C=O) groups excluding carboxylic acids is 1. The van der Waals surface area contributed by atoms with Crippen LogP contribution in [0.1, 0.15) is 26.5 Å². The van der Waals surface area contributed by atoms with E-state index in [4.69, 9.17) is 21.4 Å². The zero-order valence-electron chi connectivity index (χ0n) is 19.1. The number of aromatic nitrogens is 2. The molecule has 174 valence electrons. The van der Waals surface area contributed by atoms with Crippen molar-refractivity contribution in [3.63, 3.8) is 0 Å². The van der Waals surface area contributed by atoms with Crippen molar-refractivity contribution in [3.05, 3.63) is 71.1 Å². The molecule has 0 N–H and O–H groups in total. The number of hydrogen-bond acceptors (Lipinski definition) is 4. The van der Waals surface area contributed by atoms with Gasteiger partial charge in [0.15, 0.2) is 0 Å². The van der Waals surface area contributed by atoms with Crippen LogP contribution in [0.15, 0.2) is 54.6 Å². The van der Waals surface area contributed by atoms with Crippen molar-refractivity contribution in [2.45, 2.75) is 32.9 Å². The van der Waals surface area contributed by atoms with Crippen LogP contribution in [0.25, 0.3) is 16.9 Å². The van der Waals surface area contributed by atoms with Crippen LogP contribution in [0.5, 0.6) is 0 Å². The van der Waals surface area contributed by atoms with Crippen molar-refractivity contribution in [1.29, 1.82) is 0 Å². The minimum absolute atomic E-state index is 0.271. The van der Waals surface area contributed by atoms with Gasteiger partial charge < -0.3 is 9.64 Å². The number of nitrogens with zero attached hydrogens (tertiary/aromatic N) is 4. The summed E-state index contributed by atoms with van der Waals surface area (Å²) in [5.41, 5.74) is 3.05. The summed E-state index contributed by atoms with van der Waals surface area (Å²) in [6, 6.07) is 15.9. The molecule has 1 aliphatic rings. The highest BCUT2D eigenvalue weighted by molar-refractivity contribution is 6.30. The second kappa shape index (κ2) is 9.53. The van der Waals surface area contributed by atoms with Crippen molar-refractivity contribution in [3.8, 4) is 16.9 Å². The molecule has 1 fully saturated rings. The number of rotatable bonds is 4. The maximum Gasteiger partial charge on any atom is 0.410 e. The Hall–Kier alpha value is -2.90. The molecule has 1 aromatic heterocycles. The molecule has 0 unspecified atom stereocenters. The summed E-state index contributed by atoms with van der Waals surface area (Å²) in [6.45, 7) is 8.95. The molecule has 1 aliphatic heterocycles. The fraction of sp³-hybridized carbons (Fsp3) is 0.360. The smallest absolute Gasteiger partial charge is 0.410 e. The number of hydrogen-bond donors (Lipinski definition) is 0. The van der Waals surface area contributed by atoms with Gasteiger partial charge in [0, 0.05) is 43.3 Å². The van der Waals surface area contributed by atoms with E-state index in [2.05, 4.69) is 4.90 Å². The number of halogens is 2. The molecule has 3 aromatic rings. The number of ether oxygens (including phenoxy) is 1. The summed E-state index contributed by atoms with van der Waals surface area (Å²) in [6.07, 6.45) is -0.271. The maximum absolute atomic E-state index is 13.5. The van der Waals surface area contributed by atoms with Crippen LogP contribution < -0.4 is 0 Å². The monoisotopic (exact) mass is 470 g/mol. The fourth-order valence-electron chi connectivity index (χ4n) is 3.76. The lowest BCUT2D eigenvalue weighted by Crippen LogP contribution is -2.49. The average Bonchev–Trinajstić information content (AvgIpc) is 3.18. The molecular formula is C25H28ClFN4O2. The van der Waals surface area contributed by atoms with Gasteiger partial charge in [-0.05, 0) is 63.2 Å². The van der Waals surface area contributed by atoms with E-state index < -0.39 is 5.60 Å². The van der Waals surface area contributed by atoms with E-state index in [9.17, 15) is 9.18 Å². The van der Waals surface area contributed by atoms with Crippen molar-refractivity contribution in [2.75, 3.05) is 26.2 Å². The van der Waals surface area contributed by atoms with Gasteiger partial charge in [0.05, 0.1) is 17.1 Å². The summed E-state index contributed by atoms with van der Waals surface area (Å²) < 4.78 is 20.8. The summed E-state index contributed by atoms with van der Waals surface area (Å²) in [5.74, 6) is -0.290. The SMILES string of the molecule is CC(C)(C)OC(=O)N1CCN(Cc2cc(-c3ccc(Cl)cc3)n(-c3ccc(F)cc3)n2)CC1. The zero-order valence-corrected chi connectivity index (χ0v) is 19.8. The highest BCUT2D eigenvalue weighted by atomic mass is 35.5. The molecule has 2 aromatic carbocycles. The lowest BCUT2D eigenvalue weighted by Gasteiger charge is -2.35. The van der Waals surface area contributed by atoms with Gasteiger partial charge in [0.25, 0.3) is 0 Å². The molecule has 0 radical (unpaired) electrons. The normalized spacial score (nSPS) is 15.0. The highest BCUT2D eigenvalue weighted by Gasteiger charge is 2.26. The Balaban J connectivity index is 1.51. The molecule has 0 atom stereocenters. The van der Waals surface area contributed by atoms with E-state index in [0.717, 1.165) is 35.7 Å². The van der Waals surface area contributed by atoms with Crippen LogP contribution in [0, 0.1) is 5.82 Å². The Morgan fingerprint density at radius 2 is 1.67 bits per heavy atom. The molecule has 0 spiro atoms. The number of amides is 1. The van der Waals surface area contributed by atoms with E-state index in [-0.39, 0.29) is 11.9 Å². The van der Waals surface area contributed by atoms with Crippen LogP contribution in [-0.4, -0.2) is 57.5 Å². The Morgan fingerprint density at radius 1 is 1.03 bits per heavy atom. The third-order valence-electron chi connectivity index (χ3n) is 5.38. The molecule has 6 nitrogen and oxygen atoms in total. The first-order chi connectivity index (χ1) is 15.7. The minimum Gasteiger partial charge on any atom is -0.444 e. The van der Waals surface area contributed by atoms with Crippen molar-refractivity contribution >= 4 is 17.7 Å². The average molecular weight is 471 g/mol. The zero-order chi connectivity index (χ0) is 23.6. The lowest BCUT2D eigenvalue weighted by molar-refractivity contribution is 0.0138. The standard InChI is InChI=1S/C25H28ClFN4O2/c1-25(2,3)33-24(32)30-14-12-29(13-15-30)17-21-16-23(18-4-6-19(26)7-5-18)31(28-21)22-10-8-20(27)9-11-22/h4-11,16H,12-15,17H2,1-3H3. The van der Waals surface area contributed by atoms with Crippen molar-refractivity contribution in [2.24, 2.45) is 0 Å². The number of piperazine rings is 1. The highest BCUT2D eigenvalue weighted by Crippen LogP contribution is 2.26. The molecule has 4 rings (SSSR count). The molecule has 33 heavy (non-hydrogen) atoms. The van der Waals surface area contributed by atoms with Crippen LogP contribution in [0.2, 0.25) is 5.02 Å². The van der Waals surface area contributed by atoms with Gasteiger partial charge in [-0.15, -0.1) is 0 Å². The van der Waals surface area contributed by atoms with E-state index in [1.807, 2.05) is 55.8 Å². The Morgan fingerprint density at radius 3 is 2.27 bits per heavy atom. The predicted octanol–water partition coefficient (Wildman–Crippen LogP) is 5.38. The molecule has 0 bridgehead atoms. The topological polar surface area (TPSA) is 50.6 Å². The van der Waals surface area contributed by atoms with Crippen LogP contribution in [0.4, 0.5) is 9.18 Å². The third-order valence-corrected chi connectivity index (χ3v) is 5.63. The summed E-state index contributed by atoms with van der Waals surface area (Å²) in [4.78, 5) is 16.3. The van der Waals surface area contributed by atoms with Gasteiger partial charge in [0.2, 0.25) is 0 Å². The van der Waals surface area contributed by atoms with Gasteiger partial charge >= 0.3 is 6.09 Å². The fourth-order valence-corrected chi connectivity index (χ4v) is 3.88. The van der Waals surface area contributed by atoms with Gasteiger partial charge in [-0.3, -0.25) is 4.90 Å². The summed E-state index contributed by atoms with van der Waals surface area (Å²) >= 11 is 6.07. The molecule has 2 heterocycles. The molecule has 0 aliphatic carbocycles. The second-order valence-corrected chi connectivity index (χ2v) is 9.60. The van der Waals surface area contributed by atoms with Crippen LogP contribution >= 0.6 is 11.6 Å². The van der Waals surface area contributed by atoms with E-state index in [1.165, 1.54) is 12.1 Å². The maximum atomic E-state index is 13.5. The van der Waals surface area contributed by atoms with Gasteiger partial charge in [-0.1, -0.05) is 23.7 Å². The number of carbonyl (C=O) groups is 1. The third kappa shape index (κ3) is 5.92. The minimum atomic E-state index is -0.501. The van der Waals surface area contributed by atoms with Crippen molar-refractivity contribution in [1.82, 2.24) is 19.6 Å². The molecule has 1 saturated heterocycles. The largest absolute Gasteiger partial charge is 0.444 e. The first-order valence-corrected chi connectivity index (χ1v) is 11.4. The summed E-state index contributed by atoms with van der Waals surface area (Å²) in [5, 5.41) is 5.48. The van der Waals surface area contributed by atoms with Crippen molar-refractivity contribution < 1.29 is 13.9 Å². The molecule has 1 amide bonds. The van der Waals surface area contributed by atoms with Gasteiger partial charge in [-0.25, -0.2) is 13.9 Å². The molecule has 8 heteroatoms. The van der Waals surface area contributed by atoms with E-state index >= 15 is 0 Å². The predicted molar refractivity (Wildman–Crippen MR) is 127 cm³/mol. The second-order valence-electron chi connectivity index (χ2n) is 9.16. The Bertz CT molecular complexity index is 1040. The van der Waals surface area contributed by atoms with Crippen LogP contribution in [0.3, 0.4) is 0 Å². The van der Waals surface area contributed by atoms with Crippen LogP contribution in [-0.2, 0) is 11.3 Å². The van der Waals surface area contributed by atoms with E-state index in [0.29, 0.717) is 24.7 Å². The Kier molecular flexibility index (Phi) is 6.72. The first-order valence-electron chi connectivity index (χ1n) is 11.0. The van der Waals surface area contributed by atoms with E-state index in [1.54, 1.807) is 17.0 Å². The number of benzene rings is 2. The quantitative estimate of drug-likeness (QED) is 0.513. The lowest BCUT2D eigenvalue weighted by atomic mass is 10.1. The van der Waals surface area contributed by atoms with Gasteiger partial charge in [-0.2, -0.15) is 5.10 Å². The van der Waals surface area contributed by atoms with Gasteiger partial charge in [0.1, 0.15) is 11.4 Å². The first kappa shape index (κ1) is 23.3. The molecular weight excluding hydrogens is 443 g/mol. The summed E-state index contributed by atoms with van der Waals surface area (Å²) in [7, 11) is 0. The molecule has 0 saturated carbocycles.